The number of amides is 2. The molecule has 2 N–H and O–H groups in total. The highest BCUT2D eigenvalue weighted by molar-refractivity contribution is 6.00. The summed E-state index contributed by atoms with van der Waals surface area (Å²) in [5.74, 6) is -0.00149. The molecule has 108 valence electrons. The van der Waals surface area contributed by atoms with Crippen molar-refractivity contribution in [3.05, 3.63) is 29.8 Å². The molecule has 0 bridgehead atoms. The Bertz CT molecular complexity index is 488. The molecular weight excluding hydrogens is 254 g/mol. The van der Waals surface area contributed by atoms with E-state index in [2.05, 4.69) is 17.6 Å². The Morgan fingerprint density at radius 3 is 2.95 bits per heavy atom. The van der Waals surface area contributed by atoms with Gasteiger partial charge in [-0.3, -0.25) is 9.59 Å². The summed E-state index contributed by atoms with van der Waals surface area (Å²) in [5.41, 5.74) is 1.54. The van der Waals surface area contributed by atoms with Gasteiger partial charge in [-0.15, -0.1) is 0 Å². The van der Waals surface area contributed by atoms with Crippen LogP contribution in [0, 0.1) is 0 Å². The molecule has 1 aliphatic heterocycles. The molecule has 2 amide bonds. The van der Waals surface area contributed by atoms with Crippen LogP contribution in [0.2, 0.25) is 0 Å². The van der Waals surface area contributed by atoms with E-state index < -0.39 is 0 Å². The highest BCUT2D eigenvalue weighted by Crippen LogP contribution is 2.18. The second-order valence-corrected chi connectivity index (χ2v) is 4.86. The molecule has 0 saturated carbocycles. The van der Waals surface area contributed by atoms with Crippen LogP contribution in [-0.2, 0) is 4.79 Å². The lowest BCUT2D eigenvalue weighted by molar-refractivity contribution is -0.120. The van der Waals surface area contributed by atoms with Gasteiger partial charge >= 0.3 is 0 Å². The first-order valence-corrected chi connectivity index (χ1v) is 7.11. The molecule has 0 radical (unpaired) electrons. The van der Waals surface area contributed by atoms with E-state index in [4.69, 9.17) is 0 Å². The fourth-order valence-electron chi connectivity index (χ4n) is 2.22. The number of nitrogens with zero attached hydrogens (tertiary/aromatic N) is 1. The summed E-state index contributed by atoms with van der Waals surface area (Å²) >= 11 is 0. The standard InChI is InChI=1S/C15H21N3O2/c1-2-8-16-13-6-4-3-5-12(13)15(20)18-10-7-14(19)17-9-11-18/h3-6,16H,2,7-11H2,1H3,(H,17,19). The quantitative estimate of drug-likeness (QED) is 0.874. The molecular formula is C15H21N3O2. The predicted molar refractivity (Wildman–Crippen MR) is 78.8 cm³/mol. The van der Waals surface area contributed by atoms with Gasteiger partial charge in [0.25, 0.3) is 5.91 Å². The number of rotatable bonds is 4. The van der Waals surface area contributed by atoms with E-state index >= 15 is 0 Å². The first kappa shape index (κ1) is 14.4. The highest BCUT2D eigenvalue weighted by atomic mass is 16.2. The molecule has 1 aromatic carbocycles. The molecule has 5 heteroatoms. The summed E-state index contributed by atoms with van der Waals surface area (Å²) in [6.07, 6.45) is 1.38. The van der Waals surface area contributed by atoms with Crippen molar-refractivity contribution >= 4 is 17.5 Å². The molecule has 5 nitrogen and oxygen atoms in total. The van der Waals surface area contributed by atoms with E-state index in [9.17, 15) is 9.59 Å². The third-order valence-electron chi connectivity index (χ3n) is 3.32. The van der Waals surface area contributed by atoms with Crippen LogP contribution in [0.4, 0.5) is 5.69 Å². The smallest absolute Gasteiger partial charge is 0.256 e. The van der Waals surface area contributed by atoms with Crippen LogP contribution in [0.25, 0.3) is 0 Å². The molecule has 2 rings (SSSR count). The zero-order valence-corrected chi connectivity index (χ0v) is 11.8. The van der Waals surface area contributed by atoms with Crippen molar-refractivity contribution in [2.75, 3.05) is 31.5 Å². The summed E-state index contributed by atoms with van der Waals surface area (Å²) in [6.45, 7) is 4.49. The Labute approximate surface area is 119 Å². The number of benzene rings is 1. The van der Waals surface area contributed by atoms with E-state index in [1.165, 1.54) is 0 Å². The van der Waals surface area contributed by atoms with E-state index in [1.54, 1.807) is 4.90 Å². The first-order valence-electron chi connectivity index (χ1n) is 7.11. The largest absolute Gasteiger partial charge is 0.384 e. The van der Waals surface area contributed by atoms with Crippen molar-refractivity contribution in [3.8, 4) is 0 Å². The Hall–Kier alpha value is -2.04. The van der Waals surface area contributed by atoms with Gasteiger partial charge in [-0.1, -0.05) is 19.1 Å². The van der Waals surface area contributed by atoms with Crippen LogP contribution in [0.3, 0.4) is 0 Å². The third kappa shape index (κ3) is 3.50. The van der Waals surface area contributed by atoms with Gasteiger partial charge in [0.05, 0.1) is 5.56 Å². The summed E-state index contributed by atoms with van der Waals surface area (Å²) in [5, 5.41) is 6.06. The maximum Gasteiger partial charge on any atom is 0.256 e. The monoisotopic (exact) mass is 275 g/mol. The lowest BCUT2D eigenvalue weighted by atomic mass is 10.1. The number of carbonyl (C=O) groups is 2. The van der Waals surface area contributed by atoms with Crippen molar-refractivity contribution in [2.45, 2.75) is 19.8 Å². The van der Waals surface area contributed by atoms with Gasteiger partial charge in [-0.05, 0) is 18.6 Å². The zero-order valence-electron chi connectivity index (χ0n) is 11.8. The van der Waals surface area contributed by atoms with Crippen LogP contribution in [0.5, 0.6) is 0 Å². The molecule has 0 aliphatic carbocycles. The summed E-state index contributed by atoms with van der Waals surface area (Å²) < 4.78 is 0. The Kier molecular flexibility index (Phi) is 4.98. The predicted octanol–water partition coefficient (Wildman–Crippen LogP) is 1.47. The SMILES string of the molecule is CCCNc1ccccc1C(=O)N1CCNC(=O)CC1. The second-order valence-electron chi connectivity index (χ2n) is 4.86. The molecule has 0 atom stereocenters. The third-order valence-corrected chi connectivity index (χ3v) is 3.32. The van der Waals surface area contributed by atoms with E-state index in [0.717, 1.165) is 18.7 Å². The average Bonchev–Trinajstić information content (AvgIpc) is 2.69. The lowest BCUT2D eigenvalue weighted by Gasteiger charge is -2.21. The van der Waals surface area contributed by atoms with Crippen molar-refractivity contribution in [1.29, 1.82) is 0 Å². The maximum atomic E-state index is 12.6. The molecule has 0 unspecified atom stereocenters. The van der Waals surface area contributed by atoms with Crippen LogP contribution < -0.4 is 10.6 Å². The topological polar surface area (TPSA) is 61.4 Å². The van der Waals surface area contributed by atoms with Crippen molar-refractivity contribution < 1.29 is 9.59 Å². The number of hydrogen-bond donors (Lipinski definition) is 2. The van der Waals surface area contributed by atoms with Gasteiger partial charge in [0.1, 0.15) is 0 Å². The minimum absolute atomic E-state index is 0.0118. The van der Waals surface area contributed by atoms with Gasteiger partial charge in [-0.25, -0.2) is 0 Å². The van der Waals surface area contributed by atoms with Crippen LogP contribution >= 0.6 is 0 Å². The molecule has 1 aromatic rings. The normalized spacial score (nSPS) is 15.4. The molecule has 20 heavy (non-hydrogen) atoms. The number of anilines is 1. The minimum atomic E-state index is -0.0132. The van der Waals surface area contributed by atoms with Crippen LogP contribution in [-0.4, -0.2) is 42.9 Å². The van der Waals surface area contributed by atoms with E-state index in [0.29, 0.717) is 31.6 Å². The zero-order chi connectivity index (χ0) is 14.4. The maximum absolute atomic E-state index is 12.6. The number of carbonyl (C=O) groups excluding carboxylic acids is 2. The number of hydrogen-bond acceptors (Lipinski definition) is 3. The average molecular weight is 275 g/mol. The second kappa shape index (κ2) is 6.93. The van der Waals surface area contributed by atoms with Gasteiger partial charge in [-0.2, -0.15) is 0 Å². The lowest BCUT2D eigenvalue weighted by Crippen LogP contribution is -2.34. The molecule has 1 heterocycles. The highest BCUT2D eigenvalue weighted by Gasteiger charge is 2.21. The van der Waals surface area contributed by atoms with E-state index in [1.807, 2.05) is 24.3 Å². The van der Waals surface area contributed by atoms with Gasteiger partial charge < -0.3 is 15.5 Å². The Balaban J connectivity index is 2.13. The molecule has 0 aromatic heterocycles. The summed E-state index contributed by atoms with van der Waals surface area (Å²) in [4.78, 5) is 25.7. The number of nitrogens with one attached hydrogen (secondary N) is 2. The van der Waals surface area contributed by atoms with Crippen LogP contribution in [0.15, 0.2) is 24.3 Å². The molecule has 1 fully saturated rings. The van der Waals surface area contributed by atoms with Crippen molar-refractivity contribution in [2.24, 2.45) is 0 Å². The summed E-state index contributed by atoms with van der Waals surface area (Å²) in [7, 11) is 0. The van der Waals surface area contributed by atoms with Gasteiger partial charge in [0.15, 0.2) is 0 Å². The minimum Gasteiger partial charge on any atom is -0.384 e. The van der Waals surface area contributed by atoms with Gasteiger partial charge in [0.2, 0.25) is 5.91 Å². The molecule has 0 spiro atoms. The molecule has 1 aliphatic rings. The van der Waals surface area contributed by atoms with Gasteiger partial charge in [0, 0.05) is 38.3 Å². The number of para-hydroxylation sites is 1. The fourth-order valence-corrected chi connectivity index (χ4v) is 2.22. The fraction of sp³-hybridized carbons (Fsp3) is 0.467. The summed E-state index contributed by atoms with van der Waals surface area (Å²) in [6, 6.07) is 7.54. The molecule has 1 saturated heterocycles. The first-order chi connectivity index (χ1) is 9.72. The Morgan fingerprint density at radius 1 is 1.35 bits per heavy atom. The Morgan fingerprint density at radius 2 is 2.15 bits per heavy atom. The van der Waals surface area contributed by atoms with Crippen molar-refractivity contribution in [1.82, 2.24) is 10.2 Å². The van der Waals surface area contributed by atoms with E-state index in [-0.39, 0.29) is 11.8 Å². The van der Waals surface area contributed by atoms with Crippen molar-refractivity contribution in [3.63, 3.8) is 0 Å². The van der Waals surface area contributed by atoms with Crippen LogP contribution in [0.1, 0.15) is 30.1 Å².